The minimum atomic E-state index is 0.108. The second-order valence-corrected chi connectivity index (χ2v) is 7.56. The standard InChI is InChI=1S/C22H26N4O/c1-14-12-15(2)20-18(13-14)16(3)21(25-20)22(27)26-10-7-17(8-11-26)24-19-6-4-5-9-23-19/h4-6,9,12-13,17,25H,7-8,10-11H2,1-3H3,(H,23,24). The van der Waals surface area contributed by atoms with Gasteiger partial charge >= 0.3 is 0 Å². The highest BCUT2D eigenvalue weighted by Crippen LogP contribution is 2.27. The third-order valence-corrected chi connectivity index (χ3v) is 5.52. The maximum Gasteiger partial charge on any atom is 0.270 e. The van der Waals surface area contributed by atoms with E-state index in [1.54, 1.807) is 6.20 Å². The van der Waals surface area contributed by atoms with Crippen LogP contribution in [0.5, 0.6) is 0 Å². The van der Waals surface area contributed by atoms with Crippen LogP contribution in [0.3, 0.4) is 0 Å². The summed E-state index contributed by atoms with van der Waals surface area (Å²) >= 11 is 0. The zero-order valence-electron chi connectivity index (χ0n) is 16.2. The molecule has 2 aromatic heterocycles. The molecular weight excluding hydrogens is 336 g/mol. The van der Waals surface area contributed by atoms with Crippen LogP contribution in [0.15, 0.2) is 36.5 Å². The Morgan fingerprint density at radius 2 is 1.96 bits per heavy atom. The van der Waals surface area contributed by atoms with E-state index in [0.29, 0.717) is 6.04 Å². The molecule has 1 saturated heterocycles. The van der Waals surface area contributed by atoms with Crippen molar-refractivity contribution in [3.05, 3.63) is 58.9 Å². The van der Waals surface area contributed by atoms with E-state index >= 15 is 0 Å². The van der Waals surface area contributed by atoms with Crippen LogP contribution in [-0.4, -0.2) is 39.9 Å². The number of carbonyl (C=O) groups excluding carboxylic acids is 1. The van der Waals surface area contributed by atoms with Crippen LogP contribution >= 0.6 is 0 Å². The molecule has 3 aromatic rings. The molecule has 0 saturated carbocycles. The topological polar surface area (TPSA) is 61.0 Å². The fraction of sp³-hybridized carbons (Fsp3) is 0.364. The Balaban J connectivity index is 1.47. The summed E-state index contributed by atoms with van der Waals surface area (Å²) in [5.41, 5.74) is 5.27. The summed E-state index contributed by atoms with van der Waals surface area (Å²) in [6, 6.07) is 10.6. The monoisotopic (exact) mass is 362 g/mol. The predicted octanol–water partition coefficient (Wildman–Crippen LogP) is 4.20. The maximum atomic E-state index is 13.1. The number of likely N-dealkylation sites (tertiary alicyclic amines) is 1. The molecule has 5 heteroatoms. The summed E-state index contributed by atoms with van der Waals surface area (Å²) in [5, 5.41) is 4.62. The fourth-order valence-corrected chi connectivity index (χ4v) is 4.04. The van der Waals surface area contributed by atoms with Crippen LogP contribution in [0, 0.1) is 20.8 Å². The summed E-state index contributed by atoms with van der Waals surface area (Å²) in [4.78, 5) is 22.8. The van der Waals surface area contributed by atoms with E-state index in [4.69, 9.17) is 0 Å². The Bertz CT molecular complexity index is 969. The van der Waals surface area contributed by atoms with Gasteiger partial charge in [0, 0.05) is 36.2 Å². The number of rotatable bonds is 3. The Hall–Kier alpha value is -2.82. The molecule has 4 rings (SSSR count). The smallest absolute Gasteiger partial charge is 0.270 e. The van der Waals surface area contributed by atoms with Gasteiger partial charge in [-0.2, -0.15) is 0 Å². The number of benzene rings is 1. The molecule has 0 spiro atoms. The number of aromatic amines is 1. The summed E-state index contributed by atoms with van der Waals surface area (Å²) in [7, 11) is 0. The zero-order chi connectivity index (χ0) is 19.0. The van der Waals surface area contributed by atoms with Crippen molar-refractivity contribution in [3.63, 3.8) is 0 Å². The lowest BCUT2D eigenvalue weighted by atomic mass is 10.0. The largest absolute Gasteiger partial charge is 0.367 e. The number of fused-ring (bicyclic) bond motifs is 1. The molecule has 140 valence electrons. The molecule has 1 aliphatic rings. The van der Waals surface area contributed by atoms with Gasteiger partial charge in [0.15, 0.2) is 0 Å². The van der Waals surface area contributed by atoms with Gasteiger partial charge in [-0.3, -0.25) is 4.79 Å². The Labute approximate surface area is 159 Å². The maximum absolute atomic E-state index is 13.1. The van der Waals surface area contributed by atoms with E-state index in [0.717, 1.165) is 53.9 Å². The fourth-order valence-electron chi connectivity index (χ4n) is 4.04. The average molecular weight is 362 g/mol. The molecule has 0 radical (unpaired) electrons. The highest BCUT2D eigenvalue weighted by atomic mass is 16.2. The number of H-pyrrole nitrogens is 1. The van der Waals surface area contributed by atoms with Crippen LogP contribution in [0.1, 0.15) is 40.0 Å². The van der Waals surface area contributed by atoms with E-state index < -0.39 is 0 Å². The molecule has 0 atom stereocenters. The van der Waals surface area contributed by atoms with E-state index in [1.165, 1.54) is 11.1 Å². The van der Waals surface area contributed by atoms with Crippen molar-refractivity contribution >= 4 is 22.6 Å². The van der Waals surface area contributed by atoms with Crippen molar-refractivity contribution < 1.29 is 4.79 Å². The second kappa shape index (κ2) is 7.06. The molecule has 3 heterocycles. The molecule has 0 aliphatic carbocycles. The third kappa shape index (κ3) is 3.42. The van der Waals surface area contributed by atoms with E-state index in [2.05, 4.69) is 41.3 Å². The molecule has 2 N–H and O–H groups in total. The first kappa shape index (κ1) is 17.6. The van der Waals surface area contributed by atoms with Crippen LogP contribution in [0.4, 0.5) is 5.82 Å². The van der Waals surface area contributed by atoms with Crippen molar-refractivity contribution in [3.8, 4) is 0 Å². The van der Waals surface area contributed by atoms with Gasteiger partial charge in [-0.25, -0.2) is 4.98 Å². The lowest BCUT2D eigenvalue weighted by Gasteiger charge is -2.32. The molecule has 27 heavy (non-hydrogen) atoms. The molecule has 0 bridgehead atoms. The number of carbonyl (C=O) groups is 1. The zero-order valence-corrected chi connectivity index (χ0v) is 16.2. The van der Waals surface area contributed by atoms with Crippen LogP contribution in [0.2, 0.25) is 0 Å². The SMILES string of the molecule is Cc1cc(C)c2[nH]c(C(=O)N3CCC(Nc4ccccn4)CC3)c(C)c2c1. The van der Waals surface area contributed by atoms with Gasteiger partial charge in [-0.15, -0.1) is 0 Å². The molecule has 5 nitrogen and oxygen atoms in total. The van der Waals surface area contributed by atoms with Crippen LogP contribution in [0.25, 0.3) is 10.9 Å². The van der Waals surface area contributed by atoms with E-state index in [9.17, 15) is 4.79 Å². The van der Waals surface area contributed by atoms with Gasteiger partial charge in [0.25, 0.3) is 5.91 Å². The number of aryl methyl sites for hydroxylation is 3. The predicted molar refractivity (Wildman–Crippen MR) is 109 cm³/mol. The van der Waals surface area contributed by atoms with Crippen molar-refractivity contribution in [2.24, 2.45) is 0 Å². The van der Waals surface area contributed by atoms with Gasteiger partial charge in [0.05, 0.1) is 0 Å². The first-order valence-electron chi connectivity index (χ1n) is 9.59. The summed E-state index contributed by atoms with van der Waals surface area (Å²) in [6.07, 6.45) is 3.66. The lowest BCUT2D eigenvalue weighted by molar-refractivity contribution is 0.0712. The van der Waals surface area contributed by atoms with Gasteiger partial charge in [0.1, 0.15) is 11.5 Å². The van der Waals surface area contributed by atoms with Gasteiger partial charge in [-0.05, 0) is 62.9 Å². The number of anilines is 1. The Morgan fingerprint density at radius 3 is 2.67 bits per heavy atom. The molecule has 1 aromatic carbocycles. The normalized spacial score (nSPS) is 15.3. The third-order valence-electron chi connectivity index (χ3n) is 5.52. The number of nitrogens with one attached hydrogen (secondary N) is 2. The Morgan fingerprint density at radius 1 is 1.19 bits per heavy atom. The lowest BCUT2D eigenvalue weighted by Crippen LogP contribution is -2.42. The van der Waals surface area contributed by atoms with Crippen molar-refractivity contribution in [2.75, 3.05) is 18.4 Å². The molecule has 1 fully saturated rings. The number of nitrogens with zero attached hydrogens (tertiary/aromatic N) is 2. The molecule has 0 unspecified atom stereocenters. The number of amides is 1. The first-order chi connectivity index (χ1) is 13.0. The number of hydrogen-bond acceptors (Lipinski definition) is 3. The molecule has 1 aliphatic heterocycles. The van der Waals surface area contributed by atoms with E-state index in [1.807, 2.05) is 30.0 Å². The van der Waals surface area contributed by atoms with Gasteiger partial charge < -0.3 is 15.2 Å². The van der Waals surface area contributed by atoms with Crippen LogP contribution < -0.4 is 5.32 Å². The Kier molecular flexibility index (Phi) is 4.60. The highest BCUT2D eigenvalue weighted by molar-refractivity contribution is 6.01. The highest BCUT2D eigenvalue weighted by Gasteiger charge is 2.26. The number of piperidine rings is 1. The number of aromatic nitrogens is 2. The van der Waals surface area contributed by atoms with Crippen molar-refractivity contribution in [1.82, 2.24) is 14.9 Å². The second-order valence-electron chi connectivity index (χ2n) is 7.56. The summed E-state index contributed by atoms with van der Waals surface area (Å²) in [5.74, 6) is 1.01. The minimum Gasteiger partial charge on any atom is -0.367 e. The summed E-state index contributed by atoms with van der Waals surface area (Å²) < 4.78 is 0. The van der Waals surface area contributed by atoms with Crippen molar-refractivity contribution in [2.45, 2.75) is 39.7 Å². The van der Waals surface area contributed by atoms with Gasteiger partial charge in [0.2, 0.25) is 0 Å². The molecule has 1 amide bonds. The number of hydrogen-bond donors (Lipinski definition) is 2. The van der Waals surface area contributed by atoms with Crippen LogP contribution in [-0.2, 0) is 0 Å². The number of pyridine rings is 1. The summed E-state index contributed by atoms with van der Waals surface area (Å²) in [6.45, 7) is 7.75. The quantitative estimate of drug-likeness (QED) is 0.734. The van der Waals surface area contributed by atoms with E-state index in [-0.39, 0.29) is 5.91 Å². The van der Waals surface area contributed by atoms with Gasteiger partial charge in [-0.1, -0.05) is 17.7 Å². The average Bonchev–Trinajstić information content (AvgIpc) is 3.00. The first-order valence-corrected chi connectivity index (χ1v) is 9.59. The molecular formula is C22H26N4O. The van der Waals surface area contributed by atoms with Crippen molar-refractivity contribution in [1.29, 1.82) is 0 Å². The minimum absolute atomic E-state index is 0.108.